The molecule has 0 radical (unpaired) electrons. The Labute approximate surface area is 192 Å². The zero-order valence-electron chi connectivity index (χ0n) is 18.1. The van der Waals surface area contributed by atoms with Gasteiger partial charge < -0.3 is 27.0 Å². The lowest BCUT2D eigenvalue weighted by Gasteiger charge is -2.33. The number of hydrogen-bond donors (Lipinski definition) is 4. The Kier molecular flexibility index (Phi) is 5.93. The van der Waals surface area contributed by atoms with Gasteiger partial charge in [0.15, 0.2) is 5.96 Å². The SMILES string of the molecule is NC1=NC(N)(CCCN2CCNCC2)C(c2cccc(-c3nc4ccccc4s3)c2)=CN1. The van der Waals surface area contributed by atoms with Crippen LogP contribution in [0.2, 0.25) is 0 Å². The fourth-order valence-electron chi connectivity index (χ4n) is 4.42. The van der Waals surface area contributed by atoms with Gasteiger partial charge in [0.1, 0.15) is 10.7 Å². The number of benzene rings is 2. The first-order chi connectivity index (χ1) is 15.6. The lowest BCUT2D eigenvalue weighted by molar-refractivity contribution is 0.232. The van der Waals surface area contributed by atoms with Crippen molar-refractivity contribution in [2.24, 2.45) is 16.5 Å². The van der Waals surface area contributed by atoms with E-state index in [0.717, 1.165) is 72.8 Å². The van der Waals surface area contributed by atoms with E-state index in [9.17, 15) is 0 Å². The number of para-hydroxylation sites is 1. The van der Waals surface area contributed by atoms with Gasteiger partial charge in [-0.2, -0.15) is 0 Å². The molecule has 1 saturated heterocycles. The highest BCUT2D eigenvalue weighted by Crippen LogP contribution is 2.35. The van der Waals surface area contributed by atoms with Gasteiger partial charge >= 0.3 is 0 Å². The van der Waals surface area contributed by atoms with Crippen LogP contribution in [-0.2, 0) is 0 Å². The van der Waals surface area contributed by atoms with Crippen molar-refractivity contribution in [3.8, 4) is 10.6 Å². The van der Waals surface area contributed by atoms with E-state index in [1.54, 1.807) is 11.3 Å². The molecular formula is C24H29N7S. The van der Waals surface area contributed by atoms with Gasteiger partial charge in [-0.05, 0) is 43.1 Å². The van der Waals surface area contributed by atoms with Crippen molar-refractivity contribution < 1.29 is 0 Å². The predicted molar refractivity (Wildman–Crippen MR) is 133 cm³/mol. The minimum absolute atomic E-state index is 0.362. The first-order valence-corrected chi connectivity index (χ1v) is 11.9. The number of hydrogen-bond acceptors (Lipinski definition) is 8. The molecule has 0 spiro atoms. The molecule has 166 valence electrons. The Bertz CT molecular complexity index is 1130. The van der Waals surface area contributed by atoms with Crippen LogP contribution in [0.15, 0.2) is 59.7 Å². The summed E-state index contributed by atoms with van der Waals surface area (Å²) >= 11 is 1.70. The molecule has 2 aromatic carbocycles. The second kappa shape index (κ2) is 8.99. The summed E-state index contributed by atoms with van der Waals surface area (Å²) in [5.74, 6) is 0.362. The Morgan fingerprint density at radius 1 is 1.06 bits per heavy atom. The van der Waals surface area contributed by atoms with Gasteiger partial charge in [0.25, 0.3) is 0 Å². The number of guanidine groups is 1. The summed E-state index contributed by atoms with van der Waals surface area (Å²) in [4.78, 5) is 11.9. The quantitative estimate of drug-likeness (QED) is 0.463. The van der Waals surface area contributed by atoms with E-state index in [1.165, 1.54) is 4.70 Å². The van der Waals surface area contributed by atoms with E-state index in [1.807, 2.05) is 24.4 Å². The van der Waals surface area contributed by atoms with E-state index < -0.39 is 5.66 Å². The monoisotopic (exact) mass is 447 g/mol. The highest BCUT2D eigenvalue weighted by molar-refractivity contribution is 7.21. The normalized spacial score (nSPS) is 21.8. The van der Waals surface area contributed by atoms with Gasteiger partial charge in [-0.3, -0.25) is 0 Å². The molecule has 0 aliphatic carbocycles. The molecule has 3 heterocycles. The molecule has 1 atom stereocenters. The molecule has 0 amide bonds. The molecule has 6 N–H and O–H groups in total. The third kappa shape index (κ3) is 4.40. The summed E-state index contributed by atoms with van der Waals surface area (Å²) in [5.41, 5.74) is 16.1. The van der Waals surface area contributed by atoms with Gasteiger partial charge in [0.2, 0.25) is 0 Å². The van der Waals surface area contributed by atoms with Crippen molar-refractivity contribution >= 4 is 33.1 Å². The number of rotatable bonds is 6. The van der Waals surface area contributed by atoms with Gasteiger partial charge in [-0.25, -0.2) is 9.98 Å². The maximum Gasteiger partial charge on any atom is 0.194 e. The van der Waals surface area contributed by atoms with Crippen molar-refractivity contribution in [2.45, 2.75) is 18.5 Å². The minimum atomic E-state index is -0.852. The third-order valence-electron chi connectivity index (χ3n) is 6.11. The van der Waals surface area contributed by atoms with E-state index in [4.69, 9.17) is 16.5 Å². The number of thiazole rings is 1. The van der Waals surface area contributed by atoms with Gasteiger partial charge in [-0.1, -0.05) is 30.3 Å². The molecule has 2 aliphatic rings. The van der Waals surface area contributed by atoms with Crippen LogP contribution < -0.4 is 22.1 Å². The third-order valence-corrected chi connectivity index (χ3v) is 7.19. The van der Waals surface area contributed by atoms with Gasteiger partial charge in [0.05, 0.1) is 10.2 Å². The molecule has 5 rings (SSSR count). The first-order valence-electron chi connectivity index (χ1n) is 11.1. The lowest BCUT2D eigenvalue weighted by Crippen LogP contribution is -2.48. The number of piperazine rings is 1. The van der Waals surface area contributed by atoms with Crippen molar-refractivity contribution in [1.29, 1.82) is 0 Å². The summed E-state index contributed by atoms with van der Waals surface area (Å²) in [5, 5.41) is 7.46. The molecule has 32 heavy (non-hydrogen) atoms. The molecule has 0 bridgehead atoms. The maximum absolute atomic E-state index is 6.87. The Morgan fingerprint density at radius 3 is 2.72 bits per heavy atom. The average Bonchev–Trinajstić information content (AvgIpc) is 3.24. The highest BCUT2D eigenvalue weighted by atomic mass is 32.1. The summed E-state index contributed by atoms with van der Waals surface area (Å²) in [6.45, 7) is 5.27. The number of nitrogens with one attached hydrogen (secondary N) is 2. The molecule has 3 aromatic rings. The summed E-state index contributed by atoms with van der Waals surface area (Å²) in [7, 11) is 0. The van der Waals surface area contributed by atoms with Crippen LogP contribution in [0.25, 0.3) is 26.4 Å². The van der Waals surface area contributed by atoms with Crippen LogP contribution in [0, 0.1) is 0 Å². The number of fused-ring (bicyclic) bond motifs is 1. The molecular weight excluding hydrogens is 418 g/mol. The fraction of sp³-hybridized carbons (Fsp3) is 0.333. The molecule has 1 fully saturated rings. The second-order valence-corrected chi connectivity index (χ2v) is 9.42. The average molecular weight is 448 g/mol. The van der Waals surface area contributed by atoms with Crippen molar-refractivity contribution in [1.82, 2.24) is 20.5 Å². The zero-order chi connectivity index (χ0) is 22.0. The maximum atomic E-state index is 6.87. The molecule has 2 aliphatic heterocycles. The summed E-state index contributed by atoms with van der Waals surface area (Å²) < 4.78 is 1.19. The Morgan fingerprint density at radius 2 is 1.88 bits per heavy atom. The van der Waals surface area contributed by atoms with E-state index in [0.29, 0.717) is 5.96 Å². The zero-order valence-corrected chi connectivity index (χ0v) is 18.9. The number of nitrogens with zero attached hydrogens (tertiary/aromatic N) is 3. The van der Waals surface area contributed by atoms with Crippen LogP contribution >= 0.6 is 11.3 Å². The van der Waals surface area contributed by atoms with E-state index in [2.05, 4.69) is 50.9 Å². The number of nitrogens with two attached hydrogens (primary N) is 2. The molecule has 1 unspecified atom stereocenters. The number of aromatic nitrogens is 1. The molecule has 1 aromatic heterocycles. The molecule has 8 heteroatoms. The minimum Gasteiger partial charge on any atom is -0.370 e. The van der Waals surface area contributed by atoms with Crippen molar-refractivity contribution in [3.05, 3.63) is 60.3 Å². The largest absolute Gasteiger partial charge is 0.370 e. The van der Waals surface area contributed by atoms with Crippen molar-refractivity contribution in [3.63, 3.8) is 0 Å². The predicted octanol–water partition coefficient (Wildman–Crippen LogP) is 2.56. The lowest BCUT2D eigenvalue weighted by atomic mass is 9.88. The molecule has 0 saturated carbocycles. The Hall–Kier alpha value is -2.78. The standard InChI is InChI=1S/C24H29N7S/c25-23-28-16-19(24(26,30-23)9-4-12-31-13-10-27-11-14-31)17-5-3-6-18(15-17)22-29-20-7-1-2-8-21(20)32-22/h1-3,5-8,15-16,27H,4,9-14,26H2,(H3,25,28,30). The van der Waals surface area contributed by atoms with Crippen molar-refractivity contribution in [2.75, 3.05) is 32.7 Å². The van der Waals surface area contributed by atoms with Crippen LogP contribution in [0.4, 0.5) is 0 Å². The fourth-order valence-corrected chi connectivity index (χ4v) is 5.39. The topological polar surface area (TPSA) is 105 Å². The van der Waals surface area contributed by atoms with Crippen LogP contribution in [0.5, 0.6) is 0 Å². The van der Waals surface area contributed by atoms with Gasteiger partial charge in [-0.15, -0.1) is 11.3 Å². The summed E-state index contributed by atoms with van der Waals surface area (Å²) in [6, 6.07) is 16.6. The van der Waals surface area contributed by atoms with Crippen LogP contribution in [0.1, 0.15) is 18.4 Å². The first kappa shape index (κ1) is 21.1. The van der Waals surface area contributed by atoms with Crippen LogP contribution in [0.3, 0.4) is 0 Å². The highest BCUT2D eigenvalue weighted by Gasteiger charge is 2.33. The van der Waals surface area contributed by atoms with E-state index in [-0.39, 0.29) is 0 Å². The Balaban J connectivity index is 1.38. The van der Waals surface area contributed by atoms with E-state index >= 15 is 0 Å². The number of aliphatic imine (C=N–C) groups is 1. The second-order valence-electron chi connectivity index (χ2n) is 8.39. The van der Waals surface area contributed by atoms with Gasteiger partial charge in [0, 0.05) is 43.5 Å². The molecule has 7 nitrogen and oxygen atoms in total. The smallest absolute Gasteiger partial charge is 0.194 e. The summed E-state index contributed by atoms with van der Waals surface area (Å²) in [6.07, 6.45) is 3.60. The van der Waals surface area contributed by atoms with Crippen LogP contribution in [-0.4, -0.2) is 54.2 Å².